The first kappa shape index (κ1) is 15.7. The summed E-state index contributed by atoms with van der Waals surface area (Å²) in [5, 5.41) is 12.3. The van der Waals surface area contributed by atoms with Gasteiger partial charge in [-0.25, -0.2) is 4.68 Å². The average Bonchev–Trinajstić information content (AvgIpc) is 3.31. The Kier molecular flexibility index (Phi) is 4.10. The molecule has 1 aliphatic heterocycles. The van der Waals surface area contributed by atoms with Crippen LogP contribution in [0.15, 0.2) is 18.2 Å². The number of nitrogens with zero attached hydrogens (tertiary/aromatic N) is 5. The van der Waals surface area contributed by atoms with Crippen LogP contribution in [0.1, 0.15) is 54.4 Å². The van der Waals surface area contributed by atoms with E-state index in [0.717, 1.165) is 25.5 Å². The number of rotatable bonds is 4. The Labute approximate surface area is 142 Å². The number of hydrogen-bond acceptors (Lipinski definition) is 5. The summed E-state index contributed by atoms with van der Waals surface area (Å²) in [5.74, 6) is 0.978. The maximum atomic E-state index is 6.15. The molecule has 1 aromatic heterocycles. The lowest BCUT2D eigenvalue weighted by molar-refractivity contribution is -0.0647. The molecule has 0 radical (unpaired) electrons. The molecule has 2 aromatic rings. The van der Waals surface area contributed by atoms with E-state index in [4.69, 9.17) is 4.74 Å². The summed E-state index contributed by atoms with van der Waals surface area (Å²) in [4.78, 5) is 2.44. The third-order valence-corrected chi connectivity index (χ3v) is 5.14. The minimum Gasteiger partial charge on any atom is -0.371 e. The first-order valence-electron chi connectivity index (χ1n) is 8.81. The van der Waals surface area contributed by atoms with Crippen molar-refractivity contribution in [3.05, 3.63) is 40.7 Å². The van der Waals surface area contributed by atoms with Gasteiger partial charge >= 0.3 is 0 Å². The third kappa shape index (κ3) is 3.08. The van der Waals surface area contributed by atoms with Gasteiger partial charge in [-0.2, -0.15) is 0 Å². The molecule has 4 rings (SSSR count). The van der Waals surface area contributed by atoms with E-state index in [-0.39, 0.29) is 6.10 Å². The first-order chi connectivity index (χ1) is 11.6. The van der Waals surface area contributed by atoms with Crippen molar-refractivity contribution in [2.75, 3.05) is 13.2 Å². The molecule has 1 saturated carbocycles. The summed E-state index contributed by atoms with van der Waals surface area (Å²) in [6, 6.07) is 7.48. The second-order valence-corrected chi connectivity index (χ2v) is 7.23. The molecule has 6 heteroatoms. The molecule has 2 fully saturated rings. The summed E-state index contributed by atoms with van der Waals surface area (Å²) < 4.78 is 8.16. The van der Waals surface area contributed by atoms with Gasteiger partial charge in [-0.05, 0) is 55.2 Å². The van der Waals surface area contributed by atoms with Crippen molar-refractivity contribution in [1.82, 2.24) is 25.1 Å². The Bertz CT molecular complexity index is 724. The molecule has 6 nitrogen and oxygen atoms in total. The second-order valence-electron chi connectivity index (χ2n) is 7.23. The molecule has 1 aromatic carbocycles. The Hall–Kier alpha value is -1.79. The summed E-state index contributed by atoms with van der Waals surface area (Å²) >= 11 is 0. The molecule has 1 aliphatic carbocycles. The topological polar surface area (TPSA) is 56.1 Å². The fraction of sp³-hybridized carbons (Fsp3) is 0.611. The molecule has 2 heterocycles. The molecule has 128 valence electrons. The normalized spacial score (nSPS) is 25.1. The summed E-state index contributed by atoms with van der Waals surface area (Å²) in [5.41, 5.74) is 3.87. The SMILES string of the molecule is Cc1ccc(C)c([C@@H]2CN(Cc3nnnn3C3CC3)[C@H](C)CO2)c1. The summed E-state index contributed by atoms with van der Waals surface area (Å²) in [6.07, 6.45) is 2.51. The highest BCUT2D eigenvalue weighted by Crippen LogP contribution is 2.35. The van der Waals surface area contributed by atoms with Crippen molar-refractivity contribution in [1.29, 1.82) is 0 Å². The van der Waals surface area contributed by atoms with Crippen molar-refractivity contribution in [3.63, 3.8) is 0 Å². The highest BCUT2D eigenvalue weighted by molar-refractivity contribution is 5.32. The van der Waals surface area contributed by atoms with Gasteiger partial charge in [-0.3, -0.25) is 4.90 Å². The van der Waals surface area contributed by atoms with Gasteiger partial charge in [0.1, 0.15) is 0 Å². The number of benzene rings is 1. The maximum Gasteiger partial charge on any atom is 0.165 e. The number of aromatic nitrogens is 4. The molecule has 0 spiro atoms. The Morgan fingerprint density at radius 3 is 2.88 bits per heavy atom. The molecule has 0 N–H and O–H groups in total. The van der Waals surface area contributed by atoms with Crippen molar-refractivity contribution < 1.29 is 4.74 Å². The molecular weight excluding hydrogens is 302 g/mol. The fourth-order valence-corrected chi connectivity index (χ4v) is 3.42. The third-order valence-electron chi connectivity index (χ3n) is 5.14. The van der Waals surface area contributed by atoms with Gasteiger partial charge in [0.05, 0.1) is 25.3 Å². The van der Waals surface area contributed by atoms with Crippen molar-refractivity contribution >= 4 is 0 Å². The maximum absolute atomic E-state index is 6.15. The molecule has 0 unspecified atom stereocenters. The predicted octanol–water partition coefficient (Wildman–Crippen LogP) is 2.59. The molecule has 24 heavy (non-hydrogen) atoms. The van der Waals surface area contributed by atoms with Gasteiger partial charge in [0.2, 0.25) is 0 Å². The van der Waals surface area contributed by atoms with Crippen LogP contribution >= 0.6 is 0 Å². The largest absolute Gasteiger partial charge is 0.371 e. The first-order valence-corrected chi connectivity index (χ1v) is 8.81. The van der Waals surface area contributed by atoms with E-state index in [0.29, 0.717) is 12.1 Å². The number of aryl methyl sites for hydroxylation is 2. The standard InChI is InChI=1S/C18H25N5O/c1-12-4-5-13(2)16(8-12)17-9-22(14(3)11-24-17)10-18-19-20-21-23(18)15-6-7-15/h4-5,8,14-15,17H,6-7,9-11H2,1-3H3/t14-,17+/m1/s1. The highest BCUT2D eigenvalue weighted by atomic mass is 16.5. The quantitative estimate of drug-likeness (QED) is 0.864. The van der Waals surface area contributed by atoms with Crippen molar-refractivity contribution in [3.8, 4) is 0 Å². The summed E-state index contributed by atoms with van der Waals surface area (Å²) in [7, 11) is 0. The van der Waals surface area contributed by atoms with Crippen LogP contribution in [0.3, 0.4) is 0 Å². The number of hydrogen-bond donors (Lipinski definition) is 0. The van der Waals surface area contributed by atoms with Crippen LogP contribution in [0, 0.1) is 13.8 Å². The van der Waals surface area contributed by atoms with E-state index in [1.165, 1.54) is 29.5 Å². The highest BCUT2D eigenvalue weighted by Gasteiger charge is 2.32. The monoisotopic (exact) mass is 327 g/mol. The smallest absolute Gasteiger partial charge is 0.165 e. The van der Waals surface area contributed by atoms with E-state index in [2.05, 4.69) is 59.4 Å². The van der Waals surface area contributed by atoms with Gasteiger partial charge in [0.25, 0.3) is 0 Å². The molecule has 1 saturated heterocycles. The lowest BCUT2D eigenvalue weighted by Gasteiger charge is -2.38. The zero-order valence-electron chi connectivity index (χ0n) is 14.6. The van der Waals surface area contributed by atoms with E-state index in [1.807, 2.05) is 4.68 Å². The van der Waals surface area contributed by atoms with Crippen LogP contribution in [0.25, 0.3) is 0 Å². The lowest BCUT2D eigenvalue weighted by atomic mass is 9.99. The molecule has 0 bridgehead atoms. The van der Waals surface area contributed by atoms with E-state index >= 15 is 0 Å². The zero-order valence-corrected chi connectivity index (χ0v) is 14.6. The number of morpholine rings is 1. The number of tetrazole rings is 1. The van der Waals surface area contributed by atoms with Gasteiger partial charge < -0.3 is 4.74 Å². The van der Waals surface area contributed by atoms with Crippen LogP contribution < -0.4 is 0 Å². The zero-order chi connectivity index (χ0) is 16.7. The van der Waals surface area contributed by atoms with Crippen molar-refractivity contribution in [2.45, 2.75) is 58.3 Å². The fourth-order valence-electron chi connectivity index (χ4n) is 3.42. The average molecular weight is 327 g/mol. The second kappa shape index (κ2) is 6.26. The van der Waals surface area contributed by atoms with Crippen LogP contribution in [0.4, 0.5) is 0 Å². The van der Waals surface area contributed by atoms with Crippen molar-refractivity contribution in [2.24, 2.45) is 0 Å². The molecule has 0 amide bonds. The van der Waals surface area contributed by atoms with Gasteiger partial charge in [0, 0.05) is 12.6 Å². The Balaban J connectivity index is 1.52. The van der Waals surface area contributed by atoms with Crippen LogP contribution in [0.2, 0.25) is 0 Å². The van der Waals surface area contributed by atoms with Crippen LogP contribution in [-0.2, 0) is 11.3 Å². The van der Waals surface area contributed by atoms with Crippen LogP contribution in [-0.4, -0.2) is 44.3 Å². The van der Waals surface area contributed by atoms with Gasteiger partial charge in [-0.15, -0.1) is 5.10 Å². The molecular formula is C18H25N5O. The summed E-state index contributed by atoms with van der Waals surface area (Å²) in [6.45, 7) is 8.91. The Morgan fingerprint density at radius 1 is 1.25 bits per heavy atom. The van der Waals surface area contributed by atoms with Gasteiger partial charge in [-0.1, -0.05) is 23.8 Å². The minimum absolute atomic E-state index is 0.117. The van der Waals surface area contributed by atoms with E-state index in [9.17, 15) is 0 Å². The lowest BCUT2D eigenvalue weighted by Crippen LogP contribution is -2.45. The van der Waals surface area contributed by atoms with E-state index < -0.39 is 0 Å². The van der Waals surface area contributed by atoms with Gasteiger partial charge in [0.15, 0.2) is 5.82 Å². The number of ether oxygens (including phenoxy) is 1. The molecule has 2 atom stereocenters. The predicted molar refractivity (Wildman–Crippen MR) is 90.6 cm³/mol. The Morgan fingerprint density at radius 2 is 2.08 bits per heavy atom. The minimum atomic E-state index is 0.117. The van der Waals surface area contributed by atoms with Crippen LogP contribution in [0.5, 0.6) is 0 Å². The van der Waals surface area contributed by atoms with E-state index in [1.54, 1.807) is 0 Å². The molecule has 2 aliphatic rings.